The first-order chi connectivity index (χ1) is 43.7. The van der Waals surface area contributed by atoms with Gasteiger partial charge < -0.3 is 58.1 Å². The van der Waals surface area contributed by atoms with Crippen molar-refractivity contribution in [1.82, 2.24) is 61.1 Å². The van der Waals surface area contributed by atoms with E-state index in [4.69, 9.17) is 31.4 Å². The number of carbonyl (C=O) groups is 7. The highest BCUT2D eigenvalue weighted by Crippen LogP contribution is 2.40. The lowest BCUT2D eigenvalue weighted by Gasteiger charge is -2.35. The van der Waals surface area contributed by atoms with Crippen LogP contribution < -0.4 is 32.7 Å². The number of nitrogens with zero attached hydrogens (tertiary/aromatic N) is 8. The molecule has 0 radical (unpaired) electrons. The molecule has 0 aliphatic carbocycles. The molecule has 1 fully saturated rings. The number of carboxylic acids is 1. The third kappa shape index (κ3) is 14.9. The molecule has 6 amide bonds. The third-order valence-corrected chi connectivity index (χ3v) is 21.0. The number of fused-ring (bicyclic) bond motifs is 14. The number of primary amides is 2. The van der Waals surface area contributed by atoms with Gasteiger partial charge in [0.25, 0.3) is 23.6 Å². The van der Waals surface area contributed by atoms with Gasteiger partial charge in [0.1, 0.15) is 93.8 Å². The van der Waals surface area contributed by atoms with Crippen molar-refractivity contribution in [3.63, 3.8) is 0 Å². The third-order valence-electron chi connectivity index (χ3n) is 15.4. The van der Waals surface area contributed by atoms with Crippen LogP contribution in [0.15, 0.2) is 93.6 Å². The Kier molecular flexibility index (Phi) is 19.5. The lowest BCUT2D eigenvalue weighted by Crippen LogP contribution is -2.51. The Labute approximate surface area is 542 Å². The van der Waals surface area contributed by atoms with E-state index in [0.717, 1.165) is 45.3 Å². The molecule has 0 spiro atoms. The summed E-state index contributed by atoms with van der Waals surface area (Å²) in [6, 6.07) is 13.2. The van der Waals surface area contributed by atoms with Crippen molar-refractivity contribution < 1.29 is 54.0 Å². The van der Waals surface area contributed by atoms with E-state index in [1.54, 1.807) is 79.2 Å². The highest BCUT2D eigenvalue weighted by atomic mass is 32.1. The first-order valence-corrected chi connectivity index (χ1v) is 33.6. The predicted octanol–water partition coefficient (Wildman–Crippen LogP) is 6.85. The van der Waals surface area contributed by atoms with Crippen molar-refractivity contribution in [1.29, 1.82) is 0 Å². The molecule has 470 valence electrons. The van der Waals surface area contributed by atoms with Gasteiger partial charge in [-0.25, -0.2) is 34.9 Å². The van der Waals surface area contributed by atoms with E-state index >= 15 is 4.79 Å². The van der Waals surface area contributed by atoms with Crippen LogP contribution in [0.3, 0.4) is 0 Å². The lowest BCUT2D eigenvalue weighted by atomic mass is 9.91. The Hall–Kier alpha value is -8.66. The van der Waals surface area contributed by atoms with Gasteiger partial charge in [-0.05, 0) is 74.2 Å². The van der Waals surface area contributed by atoms with E-state index < -0.39 is 90.1 Å². The average Bonchev–Trinajstić information content (AvgIpc) is 1.85. The number of phenolic OH excluding ortho intramolecular Hbond substituents is 1. The Morgan fingerprint density at radius 3 is 1.96 bits per heavy atom. The van der Waals surface area contributed by atoms with Crippen LogP contribution in [-0.4, -0.2) is 133 Å². The van der Waals surface area contributed by atoms with E-state index in [1.807, 2.05) is 0 Å². The van der Waals surface area contributed by atoms with Crippen LogP contribution in [0, 0.1) is 18.8 Å². The number of piperidine rings is 1. The molecule has 7 atom stereocenters. The monoisotopic (exact) mass is 1340 g/mol. The number of β-amino-alcohol motifs (C(OH)–C–C–N with tert-alkyl or cyclic N) is 1. The van der Waals surface area contributed by atoms with Crippen molar-refractivity contribution in [3.8, 4) is 49.1 Å². The van der Waals surface area contributed by atoms with Crippen LogP contribution in [0.4, 0.5) is 0 Å². The van der Waals surface area contributed by atoms with Crippen LogP contribution in [0.25, 0.3) is 43.4 Å². The number of aliphatic hydroxyl groups is 2. The summed E-state index contributed by atoms with van der Waals surface area (Å²) in [5.74, 6) is -6.07. The molecule has 10 bridgehead atoms. The number of carbonyl (C=O) groups excluding carboxylic acids is 6. The molecule has 2 aromatic carbocycles. The van der Waals surface area contributed by atoms with Crippen molar-refractivity contribution in [2.24, 2.45) is 23.3 Å². The zero-order chi connectivity index (χ0) is 64.2. The predicted molar refractivity (Wildman–Crippen MR) is 342 cm³/mol. The SMILES string of the molecule is Cc1sc2nc1C(=O)N[C@@H]([C@H](O)c1ccccc1)c1nc(cs1)C(=O)N[C@@H](Cc1ccc(O)cc1)C(=O)N[C@@H]([C@@H](C)[C@@H](O)CN1CCC(CC(=O)O)CC1)c1nc(cs1)-c1nc(cs1)-c1nc(-c3nc(C(N)=O)cs3)ccc1-c1nc(cs1)C(=O)N[C@H]2CC(N)=O. The number of pyridine rings is 1. The smallest absolute Gasteiger partial charge is 0.303 e. The van der Waals surface area contributed by atoms with Crippen LogP contribution >= 0.6 is 68.0 Å². The Morgan fingerprint density at radius 1 is 0.626 bits per heavy atom. The maximum absolute atomic E-state index is 15.2. The summed E-state index contributed by atoms with van der Waals surface area (Å²) in [5, 5.41) is 65.4. The number of aromatic hydroxyl groups is 1. The average molecular weight is 1340 g/mol. The molecule has 1 saturated heterocycles. The number of phenols is 1. The number of aliphatic hydroxyl groups excluding tert-OH is 2. The molecule has 12 N–H and O–H groups in total. The number of nitrogens with two attached hydrogens (primary N) is 2. The Morgan fingerprint density at radius 2 is 1.25 bits per heavy atom. The van der Waals surface area contributed by atoms with E-state index in [0.29, 0.717) is 90.3 Å². The number of rotatable bonds is 14. The Balaban J connectivity index is 1.01. The molecular weight excluding hydrogens is 1290 g/mol. The van der Waals surface area contributed by atoms with Gasteiger partial charge >= 0.3 is 5.97 Å². The molecule has 9 aromatic rings. The van der Waals surface area contributed by atoms with E-state index in [2.05, 4.69) is 41.1 Å². The summed E-state index contributed by atoms with van der Waals surface area (Å²) in [6.45, 7) is 4.68. The molecule has 11 rings (SSSR count). The standard InChI is InChI=1S/C60H58N14O11S6/c1-27(42(76)21-74-16-14-30(15-17-74)19-44(78)79)45-59-70-41(26-90-59)57-66-37(22-87-57)47-33(12-13-34(63-47)56-67-38(23-88-56)50(62)81)55-68-39(24-86-55)53(84)65-36(20-43(61)77)58-73-46(28(2)91-58)54(85)72-48(49(80)31-6-4-3-5-7-31)60-69-40(25-89-60)52(83)64-35(51(82)71-45)18-29-8-10-32(75)11-9-29/h3-13,22-27,30,35-36,42,45,48-49,75-76,80H,14-21H2,1-2H3,(H2,61,77)(H2,62,81)(H,64,83)(H,65,84)(H,71,82)(H,72,85)(H,78,79)/t27-,35-,36-,42-,45-,48-,49+/m0/s1. The number of aliphatic carboxylic acids is 1. The molecule has 7 aromatic heterocycles. The number of aromatic nitrogens is 7. The largest absolute Gasteiger partial charge is 0.508 e. The van der Waals surface area contributed by atoms with E-state index in [-0.39, 0.29) is 63.8 Å². The van der Waals surface area contributed by atoms with Crippen LogP contribution in [0.1, 0.15) is 130 Å². The van der Waals surface area contributed by atoms with Gasteiger partial charge in [0.05, 0.1) is 30.3 Å². The maximum Gasteiger partial charge on any atom is 0.303 e. The number of benzene rings is 2. The quantitative estimate of drug-likeness (QED) is 0.0532. The summed E-state index contributed by atoms with van der Waals surface area (Å²) >= 11 is 6.72. The van der Waals surface area contributed by atoms with Crippen LogP contribution in [-0.2, 0) is 20.8 Å². The van der Waals surface area contributed by atoms with Crippen molar-refractivity contribution >= 4 is 109 Å². The lowest BCUT2D eigenvalue weighted by molar-refractivity contribution is -0.138. The number of hydrogen-bond acceptors (Lipinski definition) is 24. The zero-order valence-corrected chi connectivity index (χ0v) is 53.2. The first-order valence-electron chi connectivity index (χ1n) is 28.4. The minimum Gasteiger partial charge on any atom is -0.508 e. The molecule has 9 heterocycles. The molecule has 2 aliphatic heterocycles. The number of nitrogens with one attached hydrogen (secondary N) is 4. The molecular formula is C60H58N14O11S6. The van der Waals surface area contributed by atoms with Gasteiger partial charge in [0.15, 0.2) is 0 Å². The first kappa shape index (κ1) is 63.9. The molecule has 91 heavy (non-hydrogen) atoms. The molecule has 2 aliphatic rings. The molecule has 31 heteroatoms. The Bertz CT molecular complexity index is 4180. The fraction of sp³-hybridized carbons (Fsp3) is 0.300. The van der Waals surface area contributed by atoms with Crippen LogP contribution in [0.5, 0.6) is 5.75 Å². The fourth-order valence-electron chi connectivity index (χ4n) is 10.5. The second kappa shape index (κ2) is 27.8. The van der Waals surface area contributed by atoms with Crippen LogP contribution in [0.2, 0.25) is 0 Å². The van der Waals surface area contributed by atoms with E-state index in [1.165, 1.54) is 50.9 Å². The summed E-state index contributed by atoms with van der Waals surface area (Å²) in [4.78, 5) is 131. The topological polar surface area (TPSA) is 394 Å². The van der Waals surface area contributed by atoms with Gasteiger partial charge in [-0.3, -0.25) is 33.6 Å². The number of likely N-dealkylation sites (tertiary alicyclic amines) is 1. The fourth-order valence-corrected chi connectivity index (χ4v) is 15.8. The number of thiazole rings is 6. The van der Waals surface area contributed by atoms with Crippen molar-refractivity contribution in [2.75, 3.05) is 19.6 Å². The number of aryl methyl sites for hydroxylation is 1. The highest BCUT2D eigenvalue weighted by molar-refractivity contribution is 7.15. The van der Waals surface area contributed by atoms with Crippen molar-refractivity contribution in [3.05, 3.63) is 147 Å². The van der Waals surface area contributed by atoms with Gasteiger partial charge in [0.2, 0.25) is 11.8 Å². The summed E-state index contributed by atoms with van der Waals surface area (Å²) in [7, 11) is 0. The number of carboxylic acid groups (broad SMARTS) is 1. The summed E-state index contributed by atoms with van der Waals surface area (Å²) < 4.78 is 0. The van der Waals surface area contributed by atoms with E-state index in [9.17, 15) is 49.2 Å². The minimum atomic E-state index is -1.44. The summed E-state index contributed by atoms with van der Waals surface area (Å²) in [6.07, 6.45) is -1.71. The second-order valence-electron chi connectivity index (χ2n) is 21.8. The van der Waals surface area contributed by atoms with Gasteiger partial charge in [-0.2, -0.15) is 0 Å². The molecule has 0 unspecified atom stereocenters. The van der Waals surface area contributed by atoms with Gasteiger partial charge in [-0.1, -0.05) is 49.4 Å². The highest BCUT2D eigenvalue weighted by Gasteiger charge is 2.37. The maximum atomic E-state index is 15.2. The second-order valence-corrected chi connectivity index (χ2v) is 27.4. The minimum absolute atomic E-state index is 0.00426. The number of amides is 6. The van der Waals surface area contributed by atoms with Gasteiger partial charge in [-0.15, -0.1) is 68.0 Å². The van der Waals surface area contributed by atoms with Crippen molar-refractivity contribution in [2.45, 2.75) is 82.3 Å². The number of hydrogen-bond donors (Lipinski definition) is 10. The normalized spacial score (nSPS) is 18.9. The molecule has 0 saturated carbocycles. The summed E-state index contributed by atoms with van der Waals surface area (Å²) in [5.41, 5.74) is 13.9. The zero-order valence-electron chi connectivity index (χ0n) is 48.3. The molecule has 25 nitrogen and oxygen atoms in total. The van der Waals surface area contributed by atoms with Gasteiger partial charge in [0, 0.05) is 62.6 Å².